The van der Waals surface area contributed by atoms with Crippen molar-refractivity contribution >= 4 is 17.5 Å². The maximum Gasteiger partial charge on any atom is 0.227 e. The highest BCUT2D eigenvalue weighted by molar-refractivity contribution is 6.00. The highest BCUT2D eigenvalue weighted by Crippen LogP contribution is 2.26. The second-order valence-corrected chi connectivity index (χ2v) is 6.08. The lowest BCUT2D eigenvalue weighted by molar-refractivity contribution is -0.126. The molecule has 1 saturated heterocycles. The van der Waals surface area contributed by atoms with E-state index in [-0.39, 0.29) is 24.2 Å². The van der Waals surface area contributed by atoms with Crippen LogP contribution in [0.4, 0.5) is 5.69 Å². The van der Waals surface area contributed by atoms with E-state index < -0.39 is 0 Å². The molecule has 0 aromatic heterocycles. The van der Waals surface area contributed by atoms with Crippen LogP contribution >= 0.6 is 0 Å². The Kier molecular flexibility index (Phi) is 5.41. The van der Waals surface area contributed by atoms with Gasteiger partial charge in [-0.2, -0.15) is 0 Å². The number of carbonyl (C=O) groups excluding carboxylic acids is 2. The first-order chi connectivity index (χ1) is 10.5. The van der Waals surface area contributed by atoms with Crippen molar-refractivity contribution in [2.24, 2.45) is 11.8 Å². The maximum atomic E-state index is 12.1. The fourth-order valence-electron chi connectivity index (χ4n) is 2.52. The van der Waals surface area contributed by atoms with Crippen molar-refractivity contribution in [1.29, 1.82) is 0 Å². The summed E-state index contributed by atoms with van der Waals surface area (Å²) in [5, 5.41) is 2.93. The summed E-state index contributed by atoms with van der Waals surface area (Å²) in [7, 11) is 1.60. The molecule has 1 unspecified atom stereocenters. The van der Waals surface area contributed by atoms with Crippen molar-refractivity contribution in [1.82, 2.24) is 5.32 Å². The van der Waals surface area contributed by atoms with Crippen LogP contribution in [0.5, 0.6) is 5.75 Å². The predicted molar refractivity (Wildman–Crippen MR) is 85.9 cm³/mol. The Hall–Kier alpha value is -2.04. The molecule has 5 nitrogen and oxygen atoms in total. The molecule has 22 heavy (non-hydrogen) atoms. The van der Waals surface area contributed by atoms with Crippen molar-refractivity contribution < 1.29 is 14.3 Å². The van der Waals surface area contributed by atoms with Gasteiger partial charge in [0.15, 0.2) is 0 Å². The van der Waals surface area contributed by atoms with Crippen LogP contribution in [0, 0.1) is 11.8 Å². The number of anilines is 1. The van der Waals surface area contributed by atoms with Crippen molar-refractivity contribution in [2.45, 2.75) is 26.7 Å². The number of benzene rings is 1. The SMILES string of the molecule is COc1ccc(N2CC(C(=O)NCCC(C)C)CC2=O)cc1. The molecule has 1 aromatic carbocycles. The van der Waals surface area contributed by atoms with Crippen LogP contribution in [0.15, 0.2) is 24.3 Å². The quantitative estimate of drug-likeness (QED) is 0.876. The molecule has 1 aromatic rings. The zero-order valence-electron chi connectivity index (χ0n) is 13.5. The molecular weight excluding hydrogens is 280 g/mol. The number of carbonyl (C=O) groups is 2. The number of nitrogens with zero attached hydrogens (tertiary/aromatic N) is 1. The van der Waals surface area contributed by atoms with E-state index in [2.05, 4.69) is 19.2 Å². The average molecular weight is 304 g/mol. The van der Waals surface area contributed by atoms with Crippen LogP contribution in [0.1, 0.15) is 26.7 Å². The predicted octanol–water partition coefficient (Wildman–Crippen LogP) is 2.21. The van der Waals surface area contributed by atoms with Gasteiger partial charge in [-0.3, -0.25) is 9.59 Å². The molecule has 120 valence electrons. The van der Waals surface area contributed by atoms with Gasteiger partial charge in [-0.1, -0.05) is 13.8 Å². The number of methoxy groups -OCH3 is 1. The molecule has 1 atom stereocenters. The van der Waals surface area contributed by atoms with Gasteiger partial charge in [-0.25, -0.2) is 0 Å². The van der Waals surface area contributed by atoms with E-state index in [1.807, 2.05) is 24.3 Å². The maximum absolute atomic E-state index is 12.1. The normalized spacial score (nSPS) is 17.9. The average Bonchev–Trinajstić information content (AvgIpc) is 2.89. The molecule has 2 rings (SSSR count). The molecule has 1 N–H and O–H groups in total. The van der Waals surface area contributed by atoms with Crippen molar-refractivity contribution in [3.8, 4) is 5.75 Å². The smallest absolute Gasteiger partial charge is 0.227 e. The van der Waals surface area contributed by atoms with E-state index in [0.29, 0.717) is 19.0 Å². The largest absolute Gasteiger partial charge is 0.497 e. The van der Waals surface area contributed by atoms with Gasteiger partial charge in [-0.05, 0) is 36.6 Å². The molecule has 5 heteroatoms. The zero-order valence-corrected chi connectivity index (χ0v) is 13.5. The molecule has 1 aliphatic heterocycles. The Labute approximate surface area is 131 Å². The number of nitrogens with one attached hydrogen (secondary N) is 1. The van der Waals surface area contributed by atoms with Crippen LogP contribution in [-0.2, 0) is 9.59 Å². The number of amides is 2. The lowest BCUT2D eigenvalue weighted by atomic mass is 10.1. The molecule has 0 radical (unpaired) electrons. The number of hydrogen-bond donors (Lipinski definition) is 1. The van der Waals surface area contributed by atoms with Crippen LogP contribution in [-0.4, -0.2) is 32.0 Å². The first-order valence-corrected chi connectivity index (χ1v) is 7.73. The summed E-state index contributed by atoms with van der Waals surface area (Å²) < 4.78 is 5.11. The fraction of sp³-hybridized carbons (Fsp3) is 0.529. The van der Waals surface area contributed by atoms with Crippen LogP contribution < -0.4 is 15.0 Å². The van der Waals surface area contributed by atoms with Gasteiger partial charge in [0.2, 0.25) is 11.8 Å². The summed E-state index contributed by atoms with van der Waals surface area (Å²) in [6.45, 7) is 5.36. The summed E-state index contributed by atoms with van der Waals surface area (Å²) >= 11 is 0. The van der Waals surface area contributed by atoms with Crippen molar-refractivity contribution in [3.05, 3.63) is 24.3 Å². The first-order valence-electron chi connectivity index (χ1n) is 7.73. The van der Waals surface area contributed by atoms with E-state index >= 15 is 0 Å². The molecule has 0 aliphatic carbocycles. The molecule has 1 fully saturated rings. The minimum Gasteiger partial charge on any atom is -0.497 e. The van der Waals surface area contributed by atoms with Crippen LogP contribution in [0.2, 0.25) is 0 Å². The highest BCUT2D eigenvalue weighted by Gasteiger charge is 2.34. The number of hydrogen-bond acceptors (Lipinski definition) is 3. The third kappa shape index (κ3) is 4.00. The van der Waals surface area contributed by atoms with Gasteiger partial charge >= 0.3 is 0 Å². The second kappa shape index (κ2) is 7.29. The Morgan fingerprint density at radius 1 is 1.36 bits per heavy atom. The zero-order chi connectivity index (χ0) is 16.1. The third-order valence-corrected chi connectivity index (χ3v) is 3.90. The first kappa shape index (κ1) is 16.3. The minimum absolute atomic E-state index is 0.00539. The van der Waals surface area contributed by atoms with E-state index in [0.717, 1.165) is 17.9 Å². The summed E-state index contributed by atoms with van der Waals surface area (Å²) in [5.41, 5.74) is 0.809. The third-order valence-electron chi connectivity index (χ3n) is 3.90. The van der Waals surface area contributed by atoms with Gasteiger partial charge in [0.1, 0.15) is 5.75 Å². The summed E-state index contributed by atoms with van der Waals surface area (Å²) in [6.07, 6.45) is 1.23. The Balaban J connectivity index is 1.93. The fourth-order valence-corrected chi connectivity index (χ4v) is 2.52. The Morgan fingerprint density at radius 2 is 2.05 bits per heavy atom. The Morgan fingerprint density at radius 3 is 2.64 bits per heavy atom. The summed E-state index contributed by atoms with van der Waals surface area (Å²) in [5.74, 6) is 1.01. The summed E-state index contributed by atoms with van der Waals surface area (Å²) in [6, 6.07) is 7.32. The molecular formula is C17H24N2O3. The highest BCUT2D eigenvalue weighted by atomic mass is 16.5. The van der Waals surface area contributed by atoms with Crippen molar-refractivity contribution in [3.63, 3.8) is 0 Å². The standard InChI is InChI=1S/C17H24N2O3/c1-12(2)8-9-18-17(21)13-10-16(20)19(11-13)14-4-6-15(22-3)7-5-14/h4-7,12-13H,8-11H2,1-3H3,(H,18,21). The number of ether oxygens (including phenoxy) is 1. The van der Waals surface area contributed by atoms with Gasteiger partial charge in [0, 0.05) is 25.2 Å². The molecule has 0 spiro atoms. The summed E-state index contributed by atoms with van der Waals surface area (Å²) in [4.78, 5) is 26.0. The lowest BCUT2D eigenvalue weighted by Crippen LogP contribution is -2.33. The second-order valence-electron chi connectivity index (χ2n) is 6.08. The molecule has 0 saturated carbocycles. The van der Waals surface area contributed by atoms with E-state index in [9.17, 15) is 9.59 Å². The van der Waals surface area contributed by atoms with Crippen LogP contribution in [0.25, 0.3) is 0 Å². The number of rotatable bonds is 6. The van der Waals surface area contributed by atoms with E-state index in [1.165, 1.54) is 0 Å². The molecule has 1 heterocycles. The molecule has 0 bridgehead atoms. The molecule has 1 aliphatic rings. The minimum atomic E-state index is -0.262. The topological polar surface area (TPSA) is 58.6 Å². The van der Waals surface area contributed by atoms with Crippen molar-refractivity contribution in [2.75, 3.05) is 25.1 Å². The monoisotopic (exact) mass is 304 g/mol. The molecule has 2 amide bonds. The van der Waals surface area contributed by atoms with E-state index in [4.69, 9.17) is 4.74 Å². The Bertz CT molecular complexity index is 525. The lowest BCUT2D eigenvalue weighted by Gasteiger charge is -2.17. The van der Waals surface area contributed by atoms with Gasteiger partial charge < -0.3 is 15.0 Å². The van der Waals surface area contributed by atoms with Gasteiger partial charge in [0.05, 0.1) is 13.0 Å². The van der Waals surface area contributed by atoms with E-state index in [1.54, 1.807) is 12.0 Å². The van der Waals surface area contributed by atoms with Crippen LogP contribution in [0.3, 0.4) is 0 Å². The van der Waals surface area contributed by atoms with Gasteiger partial charge in [-0.15, -0.1) is 0 Å². The van der Waals surface area contributed by atoms with Gasteiger partial charge in [0.25, 0.3) is 0 Å².